The smallest absolute Gasteiger partial charge is 0.410 e. The summed E-state index contributed by atoms with van der Waals surface area (Å²) in [4.78, 5) is 45.0. The van der Waals surface area contributed by atoms with E-state index in [1.54, 1.807) is 0 Å². The number of ether oxygens (including phenoxy) is 2. The Morgan fingerprint density at radius 1 is 1.19 bits per heavy atom. The number of carbonyl (C=O) groups is 3. The summed E-state index contributed by atoms with van der Waals surface area (Å²) >= 11 is 0. The molecule has 0 aromatic heterocycles. The number of Topliss-reactive ketones (excluding diaryl/α,β-unsaturated/α-hetero) is 1. The highest BCUT2D eigenvalue weighted by molar-refractivity contribution is 7.58. The fourth-order valence-electron chi connectivity index (χ4n) is 2.80. The van der Waals surface area contributed by atoms with Gasteiger partial charge in [0, 0.05) is 13.1 Å². The van der Waals surface area contributed by atoms with Gasteiger partial charge in [0.25, 0.3) is 0 Å². The van der Waals surface area contributed by atoms with Crippen LogP contribution in [0.5, 0.6) is 0 Å². The molecule has 2 N–H and O–H groups in total. The second-order valence-corrected chi connectivity index (χ2v) is 9.17. The minimum Gasteiger partial charge on any atom is -0.425 e. The Kier molecular flexibility index (Phi) is 9.88. The second-order valence-electron chi connectivity index (χ2n) is 6.72. The molecular formula is C17H30NO7P. The number of rotatable bonds is 10. The van der Waals surface area contributed by atoms with Crippen molar-refractivity contribution in [2.75, 3.05) is 18.9 Å². The SMILES string of the molecule is CCCCP(=O)(O)CC(=O)CNC(=O)OC(C)OC(=O)C1CCCCC1. The Morgan fingerprint density at radius 2 is 1.85 bits per heavy atom. The van der Waals surface area contributed by atoms with Crippen molar-refractivity contribution in [1.82, 2.24) is 5.32 Å². The van der Waals surface area contributed by atoms with Crippen LogP contribution in [-0.4, -0.2) is 47.9 Å². The number of alkyl carbamates (subject to hydrolysis) is 1. The molecule has 9 heteroatoms. The van der Waals surface area contributed by atoms with Gasteiger partial charge in [-0.05, 0) is 19.3 Å². The second kappa shape index (κ2) is 11.3. The van der Waals surface area contributed by atoms with Gasteiger partial charge in [0.1, 0.15) is 0 Å². The first-order valence-corrected chi connectivity index (χ1v) is 11.2. The van der Waals surface area contributed by atoms with E-state index in [4.69, 9.17) is 9.47 Å². The summed E-state index contributed by atoms with van der Waals surface area (Å²) in [6.07, 6.45) is 3.64. The zero-order valence-corrected chi connectivity index (χ0v) is 16.5. The van der Waals surface area contributed by atoms with Crippen LogP contribution in [0.15, 0.2) is 0 Å². The minimum absolute atomic E-state index is 0.0911. The van der Waals surface area contributed by atoms with Crippen LogP contribution in [0.2, 0.25) is 0 Å². The molecule has 8 nitrogen and oxygen atoms in total. The quantitative estimate of drug-likeness (QED) is 0.334. The molecule has 0 heterocycles. The van der Waals surface area contributed by atoms with Gasteiger partial charge >= 0.3 is 12.1 Å². The van der Waals surface area contributed by atoms with Crippen molar-refractivity contribution in [2.45, 2.75) is 65.1 Å². The third-order valence-electron chi connectivity index (χ3n) is 4.21. The summed E-state index contributed by atoms with van der Waals surface area (Å²) < 4.78 is 21.8. The molecule has 0 radical (unpaired) electrons. The lowest BCUT2D eigenvalue weighted by Gasteiger charge is -2.22. The number of hydrogen-bond donors (Lipinski definition) is 2. The first-order chi connectivity index (χ1) is 12.2. The fraction of sp³-hybridized carbons (Fsp3) is 0.824. The standard InChI is InChI=1S/C17H30NO7P/c1-3-4-10-26(22,23)12-15(19)11-18-17(21)25-13(2)24-16(20)14-8-6-5-7-9-14/h13-14H,3-12H2,1-2H3,(H,18,21)(H,22,23). The molecule has 150 valence electrons. The molecule has 1 aliphatic carbocycles. The maximum Gasteiger partial charge on any atom is 0.410 e. The van der Waals surface area contributed by atoms with E-state index in [9.17, 15) is 23.8 Å². The molecule has 0 aliphatic heterocycles. The third-order valence-corrected chi connectivity index (χ3v) is 6.07. The van der Waals surface area contributed by atoms with Gasteiger partial charge < -0.3 is 19.7 Å². The van der Waals surface area contributed by atoms with Crippen molar-refractivity contribution in [3.05, 3.63) is 0 Å². The maximum absolute atomic E-state index is 12.0. The fourth-order valence-corrected chi connectivity index (χ4v) is 4.43. The van der Waals surface area contributed by atoms with E-state index >= 15 is 0 Å². The van der Waals surface area contributed by atoms with E-state index in [0.717, 1.165) is 38.5 Å². The first kappa shape index (κ1) is 22.6. The van der Waals surface area contributed by atoms with Gasteiger partial charge in [0.05, 0.1) is 18.6 Å². The molecule has 0 spiro atoms. The molecule has 0 saturated heterocycles. The number of hydrogen-bond acceptors (Lipinski definition) is 6. The van der Waals surface area contributed by atoms with E-state index in [2.05, 4.69) is 5.32 Å². The van der Waals surface area contributed by atoms with Crippen molar-refractivity contribution in [3.63, 3.8) is 0 Å². The van der Waals surface area contributed by atoms with E-state index in [0.29, 0.717) is 6.42 Å². The summed E-state index contributed by atoms with van der Waals surface area (Å²) in [6, 6.07) is 0. The van der Waals surface area contributed by atoms with Gasteiger partial charge in [-0.3, -0.25) is 14.2 Å². The summed E-state index contributed by atoms with van der Waals surface area (Å²) in [5, 5.41) is 2.21. The van der Waals surface area contributed by atoms with Crippen LogP contribution in [0.4, 0.5) is 4.79 Å². The molecule has 1 aliphatic rings. The van der Waals surface area contributed by atoms with Crippen LogP contribution in [-0.2, 0) is 23.6 Å². The largest absolute Gasteiger partial charge is 0.425 e. The summed E-state index contributed by atoms with van der Waals surface area (Å²) in [5.74, 6) is -1.07. The number of carbonyl (C=O) groups excluding carboxylic acids is 3. The minimum atomic E-state index is -3.50. The van der Waals surface area contributed by atoms with Crippen molar-refractivity contribution in [2.24, 2.45) is 5.92 Å². The Balaban J connectivity index is 2.26. The molecule has 26 heavy (non-hydrogen) atoms. The van der Waals surface area contributed by atoms with Crippen molar-refractivity contribution in [1.29, 1.82) is 0 Å². The number of nitrogens with one attached hydrogen (secondary N) is 1. The molecule has 1 saturated carbocycles. The van der Waals surface area contributed by atoms with E-state index in [1.807, 2.05) is 6.92 Å². The van der Waals surface area contributed by atoms with Gasteiger partial charge in [-0.15, -0.1) is 0 Å². The zero-order valence-electron chi connectivity index (χ0n) is 15.6. The average Bonchev–Trinajstić information content (AvgIpc) is 2.58. The number of ketones is 1. The Bertz CT molecular complexity index is 531. The molecule has 2 atom stereocenters. The highest BCUT2D eigenvalue weighted by Crippen LogP contribution is 2.41. The van der Waals surface area contributed by atoms with E-state index < -0.39 is 38.2 Å². The first-order valence-electron chi connectivity index (χ1n) is 9.21. The number of unbranched alkanes of at least 4 members (excludes halogenated alkanes) is 1. The van der Waals surface area contributed by atoms with Gasteiger partial charge in [-0.25, -0.2) is 4.79 Å². The molecular weight excluding hydrogens is 361 g/mol. The molecule has 2 unspecified atom stereocenters. The summed E-state index contributed by atoms with van der Waals surface area (Å²) in [5.41, 5.74) is 0. The monoisotopic (exact) mass is 391 g/mol. The lowest BCUT2D eigenvalue weighted by atomic mass is 9.89. The van der Waals surface area contributed by atoms with Crippen molar-refractivity contribution < 1.29 is 33.3 Å². The summed E-state index contributed by atoms with van der Waals surface area (Å²) in [6.45, 7) is 2.91. The Morgan fingerprint density at radius 3 is 2.46 bits per heavy atom. The molecule has 0 aromatic rings. The van der Waals surface area contributed by atoms with Crippen LogP contribution < -0.4 is 5.32 Å². The molecule has 0 aromatic carbocycles. The molecule has 0 bridgehead atoms. The maximum atomic E-state index is 12.0. The van der Waals surface area contributed by atoms with Crippen molar-refractivity contribution in [3.8, 4) is 0 Å². The third kappa shape index (κ3) is 9.34. The highest BCUT2D eigenvalue weighted by Gasteiger charge is 2.26. The van der Waals surface area contributed by atoms with Crippen LogP contribution in [0.25, 0.3) is 0 Å². The van der Waals surface area contributed by atoms with Crippen LogP contribution in [0, 0.1) is 5.92 Å². The predicted molar refractivity (Wildman–Crippen MR) is 96.1 cm³/mol. The Hall–Kier alpha value is -1.40. The topological polar surface area (TPSA) is 119 Å². The zero-order chi connectivity index (χ0) is 19.6. The van der Waals surface area contributed by atoms with Gasteiger partial charge in [0.15, 0.2) is 5.78 Å². The van der Waals surface area contributed by atoms with Crippen LogP contribution in [0.3, 0.4) is 0 Å². The van der Waals surface area contributed by atoms with Gasteiger partial charge in [0.2, 0.25) is 13.7 Å². The molecule has 1 amide bonds. The van der Waals surface area contributed by atoms with Gasteiger partial charge in [-0.2, -0.15) is 0 Å². The summed E-state index contributed by atoms with van der Waals surface area (Å²) in [7, 11) is -3.50. The molecule has 1 fully saturated rings. The highest BCUT2D eigenvalue weighted by atomic mass is 31.2. The Labute approximate surface area is 154 Å². The van der Waals surface area contributed by atoms with Crippen LogP contribution >= 0.6 is 7.37 Å². The van der Waals surface area contributed by atoms with Crippen LogP contribution in [0.1, 0.15) is 58.8 Å². The lowest BCUT2D eigenvalue weighted by Crippen LogP contribution is -2.35. The lowest BCUT2D eigenvalue weighted by molar-refractivity contribution is -0.171. The molecule has 1 rings (SSSR count). The van der Waals surface area contributed by atoms with Crippen molar-refractivity contribution >= 4 is 25.2 Å². The number of esters is 1. The van der Waals surface area contributed by atoms with E-state index in [1.165, 1.54) is 6.92 Å². The average molecular weight is 391 g/mol. The van der Waals surface area contributed by atoms with E-state index in [-0.39, 0.29) is 18.0 Å². The normalized spacial score (nSPS) is 18.4. The number of amides is 1. The predicted octanol–water partition coefficient (Wildman–Crippen LogP) is 2.82. The van der Waals surface area contributed by atoms with Gasteiger partial charge in [-0.1, -0.05) is 32.6 Å².